The molecule has 7 heteroatoms. The molecule has 2 aromatic rings. The van der Waals surface area contributed by atoms with Crippen molar-refractivity contribution in [3.05, 3.63) is 60.2 Å². The zero-order valence-electron chi connectivity index (χ0n) is 14.6. The summed E-state index contributed by atoms with van der Waals surface area (Å²) in [6.07, 6.45) is -4.73. The van der Waals surface area contributed by atoms with Crippen molar-refractivity contribution in [3.8, 4) is 5.75 Å². The summed E-state index contributed by atoms with van der Waals surface area (Å²) in [5.74, 6) is -0.217. The third-order valence-corrected chi connectivity index (χ3v) is 3.83. The highest BCUT2D eigenvalue weighted by molar-refractivity contribution is 5.91. The predicted octanol–water partition coefficient (Wildman–Crippen LogP) is 3.48. The zero-order valence-corrected chi connectivity index (χ0v) is 14.6. The Bertz CT molecular complexity index is 701. The first-order valence-corrected chi connectivity index (χ1v) is 8.28. The van der Waals surface area contributed by atoms with E-state index in [4.69, 9.17) is 0 Å². The van der Waals surface area contributed by atoms with Gasteiger partial charge in [-0.15, -0.1) is 13.2 Å². The number of ether oxygens (including phenoxy) is 1. The van der Waals surface area contributed by atoms with Crippen molar-refractivity contribution < 1.29 is 28.0 Å². The van der Waals surface area contributed by atoms with E-state index in [1.165, 1.54) is 12.1 Å². The van der Waals surface area contributed by atoms with Crippen LogP contribution in [0.15, 0.2) is 54.6 Å². The molecule has 0 aliphatic heterocycles. The number of hydrogen-bond donors (Lipinski definition) is 2. The van der Waals surface area contributed by atoms with Crippen molar-refractivity contribution >= 4 is 11.6 Å². The number of halogens is 3. The molecule has 0 saturated heterocycles. The number of carbonyl (C=O) groups is 1. The summed E-state index contributed by atoms with van der Waals surface area (Å²) in [5, 5.41) is 4.63. The van der Waals surface area contributed by atoms with E-state index in [-0.39, 0.29) is 24.2 Å². The Balaban J connectivity index is 1.89. The van der Waals surface area contributed by atoms with Crippen LogP contribution in [-0.4, -0.2) is 18.8 Å². The fourth-order valence-electron chi connectivity index (χ4n) is 2.65. The minimum atomic E-state index is -4.73. The maximum Gasteiger partial charge on any atom is 0.573 e. The van der Waals surface area contributed by atoms with E-state index in [1.807, 2.05) is 35.6 Å². The Morgan fingerprint density at radius 1 is 1.08 bits per heavy atom. The van der Waals surface area contributed by atoms with Gasteiger partial charge in [-0.3, -0.25) is 4.79 Å². The van der Waals surface area contributed by atoms with Crippen molar-refractivity contribution in [2.45, 2.75) is 26.3 Å². The monoisotopic (exact) mass is 367 g/mol. The first-order valence-electron chi connectivity index (χ1n) is 8.28. The average molecular weight is 367 g/mol. The number of hydrogen-bond acceptors (Lipinski definition) is 2. The Morgan fingerprint density at radius 2 is 1.69 bits per heavy atom. The smallest absolute Gasteiger partial charge is 0.406 e. The van der Waals surface area contributed by atoms with Gasteiger partial charge in [0.1, 0.15) is 11.8 Å². The third-order valence-electron chi connectivity index (χ3n) is 3.83. The molecule has 0 aliphatic carbocycles. The van der Waals surface area contributed by atoms with Crippen molar-refractivity contribution in [3.63, 3.8) is 0 Å². The topological polar surface area (TPSA) is 54.9 Å². The van der Waals surface area contributed by atoms with Crippen LogP contribution in [0.25, 0.3) is 0 Å². The molecule has 0 radical (unpaired) electrons. The van der Waals surface area contributed by atoms with Crippen LogP contribution in [0.5, 0.6) is 5.75 Å². The van der Waals surface area contributed by atoms with Gasteiger partial charge < -0.3 is 15.4 Å². The standard InChI is InChI=1S/C19H21F3N2O2/c1-13(2)18(14-6-4-3-5-7-14)23-12-17(25)24-15-8-10-16(11-9-15)26-19(20,21)22/h3-11,13,18,23H,12H2,1-2H3,(H,24,25)/p+1/t18-/m1/s1. The Morgan fingerprint density at radius 3 is 2.23 bits per heavy atom. The lowest BCUT2D eigenvalue weighted by Crippen LogP contribution is -2.88. The lowest BCUT2D eigenvalue weighted by Gasteiger charge is -2.19. The van der Waals surface area contributed by atoms with Gasteiger partial charge in [0.15, 0.2) is 6.54 Å². The van der Waals surface area contributed by atoms with E-state index in [1.54, 1.807) is 0 Å². The highest BCUT2D eigenvalue weighted by atomic mass is 19.4. The number of anilines is 1. The van der Waals surface area contributed by atoms with Crippen LogP contribution < -0.4 is 15.4 Å². The molecule has 2 rings (SSSR count). The molecule has 4 nitrogen and oxygen atoms in total. The molecule has 140 valence electrons. The minimum Gasteiger partial charge on any atom is -0.406 e. The van der Waals surface area contributed by atoms with Crippen LogP contribution in [0.1, 0.15) is 25.5 Å². The van der Waals surface area contributed by atoms with Gasteiger partial charge in [-0.1, -0.05) is 44.2 Å². The summed E-state index contributed by atoms with van der Waals surface area (Å²) in [7, 11) is 0. The van der Waals surface area contributed by atoms with Crippen LogP contribution in [0.4, 0.5) is 18.9 Å². The van der Waals surface area contributed by atoms with Gasteiger partial charge in [-0.05, 0) is 24.3 Å². The average Bonchev–Trinajstić information content (AvgIpc) is 2.56. The van der Waals surface area contributed by atoms with E-state index < -0.39 is 6.36 Å². The lowest BCUT2D eigenvalue weighted by atomic mass is 9.96. The van der Waals surface area contributed by atoms with Crippen LogP contribution in [-0.2, 0) is 4.79 Å². The highest BCUT2D eigenvalue weighted by Gasteiger charge is 2.31. The highest BCUT2D eigenvalue weighted by Crippen LogP contribution is 2.24. The second-order valence-corrected chi connectivity index (χ2v) is 6.24. The van der Waals surface area contributed by atoms with Crippen molar-refractivity contribution in [2.24, 2.45) is 5.92 Å². The molecular weight excluding hydrogens is 345 g/mol. The number of carbonyl (C=O) groups excluding carboxylic acids is 1. The minimum absolute atomic E-state index is 0.143. The van der Waals surface area contributed by atoms with Gasteiger partial charge in [0.05, 0.1) is 0 Å². The summed E-state index contributed by atoms with van der Waals surface area (Å²) >= 11 is 0. The van der Waals surface area contributed by atoms with Crippen LogP contribution in [0.2, 0.25) is 0 Å². The molecule has 0 unspecified atom stereocenters. The van der Waals surface area contributed by atoms with Crippen molar-refractivity contribution in [2.75, 3.05) is 11.9 Å². The van der Waals surface area contributed by atoms with E-state index in [2.05, 4.69) is 23.9 Å². The molecule has 26 heavy (non-hydrogen) atoms. The van der Waals surface area contributed by atoms with Gasteiger partial charge in [-0.2, -0.15) is 0 Å². The van der Waals surface area contributed by atoms with E-state index >= 15 is 0 Å². The first kappa shape index (κ1) is 19.8. The molecule has 1 amide bonds. The molecule has 0 aromatic heterocycles. The number of nitrogens with one attached hydrogen (secondary N) is 1. The number of alkyl halides is 3. The summed E-state index contributed by atoms with van der Waals surface area (Å²) in [6.45, 7) is 4.38. The summed E-state index contributed by atoms with van der Waals surface area (Å²) in [5.41, 5.74) is 1.56. The quantitative estimate of drug-likeness (QED) is 0.787. The van der Waals surface area contributed by atoms with Gasteiger partial charge in [0, 0.05) is 17.2 Å². The normalized spacial score (nSPS) is 12.7. The largest absolute Gasteiger partial charge is 0.573 e. The molecule has 0 saturated carbocycles. The Labute approximate surface area is 150 Å². The second-order valence-electron chi connectivity index (χ2n) is 6.24. The van der Waals surface area contributed by atoms with Crippen LogP contribution >= 0.6 is 0 Å². The number of quaternary nitrogens is 1. The van der Waals surface area contributed by atoms with Gasteiger partial charge in [0.25, 0.3) is 5.91 Å². The van der Waals surface area contributed by atoms with Gasteiger partial charge >= 0.3 is 6.36 Å². The number of benzene rings is 2. The van der Waals surface area contributed by atoms with Crippen molar-refractivity contribution in [1.29, 1.82) is 0 Å². The molecule has 2 aromatic carbocycles. The predicted molar refractivity (Wildman–Crippen MR) is 92.6 cm³/mol. The van der Waals surface area contributed by atoms with Crippen molar-refractivity contribution in [1.82, 2.24) is 0 Å². The number of amides is 1. The van der Waals surface area contributed by atoms with E-state index in [0.29, 0.717) is 11.6 Å². The fraction of sp³-hybridized carbons (Fsp3) is 0.316. The van der Waals surface area contributed by atoms with Gasteiger partial charge in [0.2, 0.25) is 0 Å². The SMILES string of the molecule is CC(C)[C@@H]([NH2+]CC(=O)Nc1ccc(OC(F)(F)F)cc1)c1ccccc1. The van der Waals surface area contributed by atoms with Gasteiger partial charge in [-0.25, -0.2) is 0 Å². The Hall–Kier alpha value is -2.54. The van der Waals surface area contributed by atoms with E-state index in [9.17, 15) is 18.0 Å². The molecule has 0 heterocycles. The lowest BCUT2D eigenvalue weighted by molar-refractivity contribution is -0.692. The Kier molecular flexibility index (Phi) is 6.63. The maximum atomic E-state index is 12.1. The second kappa shape index (κ2) is 8.71. The van der Waals surface area contributed by atoms with Crippen LogP contribution in [0, 0.1) is 5.92 Å². The molecule has 3 N–H and O–H groups in total. The fourth-order valence-corrected chi connectivity index (χ4v) is 2.65. The summed E-state index contributed by atoms with van der Waals surface area (Å²) in [6, 6.07) is 15.1. The molecule has 1 atom stereocenters. The maximum absolute atomic E-state index is 12.1. The molecule has 0 spiro atoms. The first-order chi connectivity index (χ1) is 12.2. The molecule has 0 bridgehead atoms. The molecule has 0 fully saturated rings. The zero-order chi connectivity index (χ0) is 19.2. The number of nitrogens with two attached hydrogens (primary N) is 1. The summed E-state index contributed by atoms with van der Waals surface area (Å²) in [4.78, 5) is 12.1. The van der Waals surface area contributed by atoms with E-state index in [0.717, 1.165) is 17.7 Å². The summed E-state index contributed by atoms with van der Waals surface area (Å²) < 4.78 is 40.2. The molecule has 0 aliphatic rings. The van der Waals surface area contributed by atoms with Crippen LogP contribution in [0.3, 0.4) is 0 Å². The molecular formula is C19H22F3N2O2+. The number of rotatable bonds is 7. The third kappa shape index (κ3) is 6.40.